The molecule has 0 fully saturated rings. The molecular formula is C14H20ClNO2. The number of halogens is 1. The Hall–Kier alpha value is -1.22. The van der Waals surface area contributed by atoms with Crippen LogP contribution in [0.3, 0.4) is 0 Å². The minimum absolute atomic E-state index is 0.123. The molecule has 3 nitrogen and oxygen atoms in total. The van der Waals surface area contributed by atoms with Crippen LogP contribution in [0.1, 0.15) is 34.1 Å². The van der Waals surface area contributed by atoms with Gasteiger partial charge in [-0.05, 0) is 45.4 Å². The maximum atomic E-state index is 11.9. The van der Waals surface area contributed by atoms with Gasteiger partial charge in [-0.25, -0.2) is 0 Å². The van der Waals surface area contributed by atoms with Crippen LogP contribution in [0.15, 0.2) is 24.3 Å². The Morgan fingerprint density at radius 2 is 2.17 bits per heavy atom. The zero-order valence-electron chi connectivity index (χ0n) is 11.3. The predicted molar refractivity (Wildman–Crippen MR) is 74.1 cm³/mol. The summed E-state index contributed by atoms with van der Waals surface area (Å²) in [4.78, 5) is 11.9. The van der Waals surface area contributed by atoms with E-state index in [4.69, 9.17) is 16.3 Å². The monoisotopic (exact) mass is 269 g/mol. The highest BCUT2D eigenvalue weighted by molar-refractivity contribution is 6.30. The third-order valence-electron chi connectivity index (χ3n) is 2.82. The van der Waals surface area contributed by atoms with Crippen LogP contribution >= 0.6 is 11.6 Å². The number of rotatable bonds is 5. The highest BCUT2D eigenvalue weighted by Crippen LogP contribution is 2.18. The summed E-state index contributed by atoms with van der Waals surface area (Å²) in [5.41, 5.74) is -0.219. The van der Waals surface area contributed by atoms with Gasteiger partial charge in [-0.1, -0.05) is 24.6 Å². The van der Waals surface area contributed by atoms with E-state index in [-0.39, 0.29) is 11.4 Å². The molecule has 1 unspecified atom stereocenters. The lowest BCUT2D eigenvalue weighted by atomic mass is 10.0. The molecule has 1 atom stereocenters. The summed E-state index contributed by atoms with van der Waals surface area (Å²) in [6.07, 6.45) is 0.317. The number of carbonyl (C=O) groups excluding carboxylic acids is 1. The van der Waals surface area contributed by atoms with Crippen molar-refractivity contribution in [3.8, 4) is 5.75 Å². The van der Waals surface area contributed by atoms with E-state index >= 15 is 0 Å². The number of ether oxygens (including phenoxy) is 1. The summed E-state index contributed by atoms with van der Waals surface area (Å²) < 4.78 is 5.55. The fraction of sp³-hybridized carbons (Fsp3) is 0.500. The van der Waals surface area contributed by atoms with Crippen molar-refractivity contribution in [2.24, 2.45) is 0 Å². The largest absolute Gasteiger partial charge is 0.481 e. The molecule has 0 saturated heterocycles. The summed E-state index contributed by atoms with van der Waals surface area (Å²) >= 11 is 5.86. The highest BCUT2D eigenvalue weighted by Gasteiger charge is 2.22. The van der Waals surface area contributed by atoms with Crippen LogP contribution in [-0.4, -0.2) is 17.6 Å². The van der Waals surface area contributed by atoms with Crippen LogP contribution in [0, 0.1) is 0 Å². The zero-order valence-corrected chi connectivity index (χ0v) is 12.0. The second-order valence-electron chi connectivity index (χ2n) is 4.94. The van der Waals surface area contributed by atoms with Gasteiger partial charge >= 0.3 is 0 Å². The van der Waals surface area contributed by atoms with Gasteiger partial charge in [0.15, 0.2) is 6.10 Å². The Labute approximate surface area is 113 Å². The molecule has 0 aliphatic rings. The van der Waals surface area contributed by atoms with Crippen molar-refractivity contribution in [3.63, 3.8) is 0 Å². The summed E-state index contributed by atoms with van der Waals surface area (Å²) in [5.74, 6) is 0.473. The molecule has 18 heavy (non-hydrogen) atoms. The first kappa shape index (κ1) is 14.8. The molecule has 0 radical (unpaired) electrons. The molecule has 0 spiro atoms. The standard InChI is InChI=1S/C14H20ClNO2/c1-5-14(3,4)16-13(17)10(2)18-12-8-6-7-11(15)9-12/h6-10H,5H2,1-4H3,(H,16,17). The maximum absolute atomic E-state index is 11.9. The Morgan fingerprint density at radius 3 is 2.72 bits per heavy atom. The fourth-order valence-electron chi connectivity index (χ4n) is 1.32. The van der Waals surface area contributed by atoms with Crippen LogP contribution in [0.4, 0.5) is 0 Å². The third kappa shape index (κ3) is 4.57. The van der Waals surface area contributed by atoms with Crippen molar-refractivity contribution in [2.45, 2.75) is 45.8 Å². The van der Waals surface area contributed by atoms with Crippen molar-refractivity contribution < 1.29 is 9.53 Å². The molecule has 0 aliphatic heterocycles. The van der Waals surface area contributed by atoms with E-state index in [9.17, 15) is 4.79 Å². The number of hydrogen-bond acceptors (Lipinski definition) is 2. The van der Waals surface area contributed by atoms with Gasteiger partial charge in [-0.15, -0.1) is 0 Å². The molecule has 0 aliphatic carbocycles. The van der Waals surface area contributed by atoms with E-state index < -0.39 is 6.10 Å². The molecule has 1 aromatic rings. The van der Waals surface area contributed by atoms with E-state index in [1.54, 1.807) is 31.2 Å². The van der Waals surface area contributed by atoms with Crippen LogP contribution in [0.5, 0.6) is 5.75 Å². The maximum Gasteiger partial charge on any atom is 0.261 e. The topological polar surface area (TPSA) is 38.3 Å². The van der Waals surface area contributed by atoms with Crippen molar-refractivity contribution in [1.29, 1.82) is 0 Å². The molecule has 0 saturated carbocycles. The van der Waals surface area contributed by atoms with Crippen LogP contribution in [0.2, 0.25) is 5.02 Å². The summed E-state index contributed by atoms with van der Waals surface area (Å²) in [7, 11) is 0. The van der Waals surface area contributed by atoms with Crippen LogP contribution in [0.25, 0.3) is 0 Å². The number of amides is 1. The second kappa shape index (κ2) is 6.10. The lowest BCUT2D eigenvalue weighted by Gasteiger charge is -2.26. The SMILES string of the molecule is CCC(C)(C)NC(=O)C(C)Oc1cccc(Cl)c1. The first-order chi connectivity index (χ1) is 8.34. The van der Waals surface area contributed by atoms with Gasteiger partial charge in [0.2, 0.25) is 0 Å². The average molecular weight is 270 g/mol. The first-order valence-corrected chi connectivity index (χ1v) is 6.46. The summed E-state index contributed by atoms with van der Waals surface area (Å²) in [6.45, 7) is 7.72. The van der Waals surface area contributed by atoms with Crippen molar-refractivity contribution >= 4 is 17.5 Å². The number of carbonyl (C=O) groups is 1. The van der Waals surface area contributed by atoms with Gasteiger partial charge in [0, 0.05) is 10.6 Å². The molecule has 100 valence electrons. The zero-order chi connectivity index (χ0) is 13.8. The Bertz CT molecular complexity index is 418. The Morgan fingerprint density at radius 1 is 1.50 bits per heavy atom. The van der Waals surface area contributed by atoms with Gasteiger partial charge in [0.1, 0.15) is 5.75 Å². The van der Waals surface area contributed by atoms with Crippen molar-refractivity contribution in [2.75, 3.05) is 0 Å². The molecule has 1 amide bonds. The van der Waals surface area contributed by atoms with Crippen molar-refractivity contribution in [1.82, 2.24) is 5.32 Å². The molecule has 1 aromatic carbocycles. The van der Waals surface area contributed by atoms with Gasteiger partial charge in [-0.2, -0.15) is 0 Å². The molecule has 1 N–H and O–H groups in total. The minimum Gasteiger partial charge on any atom is -0.481 e. The normalized spacial score (nSPS) is 12.9. The van der Waals surface area contributed by atoms with Gasteiger partial charge in [0.05, 0.1) is 0 Å². The number of benzene rings is 1. The summed E-state index contributed by atoms with van der Waals surface area (Å²) in [5, 5.41) is 3.54. The predicted octanol–water partition coefficient (Wildman–Crippen LogP) is 3.41. The van der Waals surface area contributed by atoms with Gasteiger partial charge in [0.25, 0.3) is 5.91 Å². The smallest absolute Gasteiger partial charge is 0.261 e. The fourth-order valence-corrected chi connectivity index (χ4v) is 1.50. The van der Waals surface area contributed by atoms with Crippen molar-refractivity contribution in [3.05, 3.63) is 29.3 Å². The second-order valence-corrected chi connectivity index (χ2v) is 5.38. The molecule has 4 heteroatoms. The van der Waals surface area contributed by atoms with E-state index in [0.717, 1.165) is 6.42 Å². The van der Waals surface area contributed by atoms with Crippen LogP contribution in [-0.2, 0) is 4.79 Å². The lowest BCUT2D eigenvalue weighted by molar-refractivity contribution is -0.128. The van der Waals surface area contributed by atoms with E-state index in [2.05, 4.69) is 5.32 Å². The quantitative estimate of drug-likeness (QED) is 0.890. The molecule has 1 rings (SSSR count). The van der Waals surface area contributed by atoms with Crippen LogP contribution < -0.4 is 10.1 Å². The highest BCUT2D eigenvalue weighted by atomic mass is 35.5. The van der Waals surface area contributed by atoms with E-state index in [0.29, 0.717) is 10.8 Å². The molecular weight excluding hydrogens is 250 g/mol. The summed E-state index contributed by atoms with van der Waals surface area (Å²) in [6, 6.07) is 7.02. The lowest BCUT2D eigenvalue weighted by Crippen LogP contribution is -2.48. The first-order valence-electron chi connectivity index (χ1n) is 6.08. The Kier molecular flexibility index (Phi) is 5.03. The molecule has 0 heterocycles. The minimum atomic E-state index is -0.547. The number of hydrogen-bond donors (Lipinski definition) is 1. The average Bonchev–Trinajstić information content (AvgIpc) is 2.28. The molecule has 0 bridgehead atoms. The van der Waals surface area contributed by atoms with Gasteiger partial charge < -0.3 is 10.1 Å². The third-order valence-corrected chi connectivity index (χ3v) is 3.06. The van der Waals surface area contributed by atoms with E-state index in [1.807, 2.05) is 20.8 Å². The van der Waals surface area contributed by atoms with Gasteiger partial charge in [-0.3, -0.25) is 4.79 Å². The Balaban J connectivity index is 2.60. The number of nitrogens with one attached hydrogen (secondary N) is 1. The molecule has 0 aromatic heterocycles. The van der Waals surface area contributed by atoms with E-state index in [1.165, 1.54) is 0 Å².